The van der Waals surface area contributed by atoms with Gasteiger partial charge in [-0.25, -0.2) is 0 Å². The Kier molecular flexibility index (Phi) is 5.64. The van der Waals surface area contributed by atoms with E-state index in [1.165, 1.54) is 0 Å². The molecular formula is C15H23NO4. The second-order valence-corrected chi connectivity index (χ2v) is 4.63. The van der Waals surface area contributed by atoms with E-state index in [1.54, 1.807) is 14.2 Å². The number of hydrogen-bond acceptors (Lipinski definition) is 5. The van der Waals surface area contributed by atoms with Crippen LogP contribution in [0, 0.1) is 0 Å². The van der Waals surface area contributed by atoms with E-state index in [-0.39, 0.29) is 12.3 Å². The van der Waals surface area contributed by atoms with E-state index in [2.05, 4.69) is 12.2 Å². The Morgan fingerprint density at radius 2 is 1.90 bits per heavy atom. The van der Waals surface area contributed by atoms with E-state index in [0.29, 0.717) is 13.2 Å². The molecule has 1 N–H and O–H groups in total. The lowest BCUT2D eigenvalue weighted by atomic mass is 10.0. The zero-order valence-corrected chi connectivity index (χ0v) is 12.3. The maximum absolute atomic E-state index is 5.53. The van der Waals surface area contributed by atoms with Crippen LogP contribution in [0.25, 0.3) is 0 Å². The molecule has 0 spiro atoms. The van der Waals surface area contributed by atoms with Crippen LogP contribution in [0.4, 0.5) is 0 Å². The number of benzene rings is 1. The van der Waals surface area contributed by atoms with E-state index in [4.69, 9.17) is 18.9 Å². The Hall–Kier alpha value is -1.30. The fourth-order valence-electron chi connectivity index (χ4n) is 2.39. The van der Waals surface area contributed by atoms with Crippen molar-refractivity contribution in [2.75, 3.05) is 34.0 Å². The number of methoxy groups -OCH3 is 2. The predicted molar refractivity (Wildman–Crippen MR) is 76.3 cm³/mol. The third kappa shape index (κ3) is 3.62. The van der Waals surface area contributed by atoms with Crippen molar-refractivity contribution in [3.8, 4) is 11.5 Å². The first-order chi connectivity index (χ1) is 9.78. The summed E-state index contributed by atoms with van der Waals surface area (Å²) in [5.41, 5.74) is 1.14. The first-order valence-corrected chi connectivity index (χ1v) is 6.97. The molecule has 0 saturated carbocycles. The lowest BCUT2D eigenvalue weighted by molar-refractivity contribution is -0.0529. The molecule has 0 radical (unpaired) electrons. The van der Waals surface area contributed by atoms with Gasteiger partial charge < -0.3 is 24.3 Å². The molecule has 1 atom stereocenters. The molecule has 0 amide bonds. The Labute approximate surface area is 120 Å². The molecule has 0 aromatic heterocycles. The molecule has 1 aromatic rings. The second kappa shape index (κ2) is 7.47. The quantitative estimate of drug-likeness (QED) is 0.829. The number of hydrogen-bond donors (Lipinski definition) is 1. The van der Waals surface area contributed by atoms with Crippen LogP contribution in [-0.4, -0.2) is 40.3 Å². The monoisotopic (exact) mass is 281 g/mol. The summed E-state index contributed by atoms with van der Waals surface area (Å²) in [4.78, 5) is 0. The molecule has 1 aromatic carbocycles. The molecule has 1 fully saturated rings. The SMILES string of the molecule is CCNC(CC1OCCO1)c1ccc(OC)c(OC)c1. The summed E-state index contributed by atoms with van der Waals surface area (Å²) >= 11 is 0. The minimum Gasteiger partial charge on any atom is -0.493 e. The highest BCUT2D eigenvalue weighted by atomic mass is 16.7. The Balaban J connectivity index is 2.14. The molecule has 112 valence electrons. The van der Waals surface area contributed by atoms with E-state index in [0.717, 1.165) is 30.0 Å². The maximum Gasteiger partial charge on any atom is 0.161 e. The van der Waals surface area contributed by atoms with Crippen LogP contribution in [-0.2, 0) is 9.47 Å². The van der Waals surface area contributed by atoms with Crippen LogP contribution in [0.5, 0.6) is 11.5 Å². The second-order valence-electron chi connectivity index (χ2n) is 4.63. The van der Waals surface area contributed by atoms with Gasteiger partial charge in [-0.05, 0) is 24.2 Å². The van der Waals surface area contributed by atoms with Crippen molar-refractivity contribution in [1.29, 1.82) is 0 Å². The maximum atomic E-state index is 5.53. The van der Waals surface area contributed by atoms with Gasteiger partial charge in [0.15, 0.2) is 17.8 Å². The molecule has 1 saturated heterocycles. The number of rotatable bonds is 7. The average molecular weight is 281 g/mol. The molecular weight excluding hydrogens is 258 g/mol. The van der Waals surface area contributed by atoms with Gasteiger partial charge in [0.05, 0.1) is 27.4 Å². The van der Waals surface area contributed by atoms with Gasteiger partial charge in [0.2, 0.25) is 0 Å². The third-order valence-corrected chi connectivity index (χ3v) is 3.38. The summed E-state index contributed by atoms with van der Waals surface area (Å²) < 4.78 is 21.7. The normalized spacial score (nSPS) is 17.1. The number of nitrogens with one attached hydrogen (secondary N) is 1. The highest BCUT2D eigenvalue weighted by Crippen LogP contribution is 2.32. The molecule has 20 heavy (non-hydrogen) atoms. The van der Waals surface area contributed by atoms with Gasteiger partial charge >= 0.3 is 0 Å². The zero-order valence-electron chi connectivity index (χ0n) is 12.3. The molecule has 1 aliphatic rings. The highest BCUT2D eigenvalue weighted by molar-refractivity contribution is 5.43. The Morgan fingerprint density at radius 3 is 2.50 bits per heavy atom. The lowest BCUT2D eigenvalue weighted by Gasteiger charge is -2.22. The Morgan fingerprint density at radius 1 is 1.20 bits per heavy atom. The van der Waals surface area contributed by atoms with Crippen LogP contribution in [0.15, 0.2) is 18.2 Å². The van der Waals surface area contributed by atoms with Gasteiger partial charge in [0.25, 0.3) is 0 Å². The summed E-state index contributed by atoms with van der Waals surface area (Å²) in [5.74, 6) is 1.47. The van der Waals surface area contributed by atoms with Gasteiger partial charge in [-0.3, -0.25) is 0 Å². The molecule has 5 nitrogen and oxygen atoms in total. The van der Waals surface area contributed by atoms with Gasteiger partial charge in [0.1, 0.15) is 0 Å². The minimum absolute atomic E-state index is 0.132. The van der Waals surface area contributed by atoms with Crippen LogP contribution in [0.1, 0.15) is 24.9 Å². The summed E-state index contributed by atoms with van der Waals surface area (Å²) in [7, 11) is 3.28. The zero-order chi connectivity index (χ0) is 14.4. The van der Waals surface area contributed by atoms with Crippen LogP contribution in [0.2, 0.25) is 0 Å². The predicted octanol–water partition coefficient (Wildman–Crippen LogP) is 2.12. The van der Waals surface area contributed by atoms with Crippen molar-refractivity contribution in [1.82, 2.24) is 5.32 Å². The summed E-state index contributed by atoms with van der Waals surface area (Å²) in [5, 5.41) is 3.46. The van der Waals surface area contributed by atoms with Crippen molar-refractivity contribution in [2.45, 2.75) is 25.7 Å². The molecule has 1 aliphatic heterocycles. The summed E-state index contributed by atoms with van der Waals surface area (Å²) in [6.07, 6.45) is 0.649. The van der Waals surface area contributed by atoms with Crippen molar-refractivity contribution in [3.63, 3.8) is 0 Å². The molecule has 1 heterocycles. The fourth-order valence-corrected chi connectivity index (χ4v) is 2.39. The minimum atomic E-state index is -0.132. The smallest absolute Gasteiger partial charge is 0.161 e. The van der Waals surface area contributed by atoms with Gasteiger partial charge in [-0.1, -0.05) is 13.0 Å². The molecule has 0 bridgehead atoms. The summed E-state index contributed by atoms with van der Waals surface area (Å²) in [6, 6.07) is 6.14. The van der Waals surface area contributed by atoms with Gasteiger partial charge in [-0.2, -0.15) is 0 Å². The van der Waals surface area contributed by atoms with Gasteiger partial charge in [0, 0.05) is 12.5 Å². The van der Waals surface area contributed by atoms with E-state index in [9.17, 15) is 0 Å². The average Bonchev–Trinajstić information content (AvgIpc) is 2.99. The third-order valence-electron chi connectivity index (χ3n) is 3.38. The van der Waals surface area contributed by atoms with Crippen molar-refractivity contribution < 1.29 is 18.9 Å². The van der Waals surface area contributed by atoms with Crippen LogP contribution in [0.3, 0.4) is 0 Å². The first-order valence-electron chi connectivity index (χ1n) is 6.97. The van der Waals surface area contributed by atoms with E-state index >= 15 is 0 Å². The molecule has 5 heteroatoms. The van der Waals surface area contributed by atoms with E-state index in [1.807, 2.05) is 18.2 Å². The highest BCUT2D eigenvalue weighted by Gasteiger charge is 2.22. The van der Waals surface area contributed by atoms with Crippen LogP contribution < -0.4 is 14.8 Å². The number of ether oxygens (including phenoxy) is 4. The fraction of sp³-hybridized carbons (Fsp3) is 0.600. The van der Waals surface area contributed by atoms with Crippen molar-refractivity contribution in [3.05, 3.63) is 23.8 Å². The standard InChI is InChI=1S/C15H23NO4/c1-4-16-12(10-15-19-7-8-20-15)11-5-6-13(17-2)14(9-11)18-3/h5-6,9,12,15-16H,4,7-8,10H2,1-3H3. The largest absolute Gasteiger partial charge is 0.493 e. The van der Waals surface area contributed by atoms with E-state index < -0.39 is 0 Å². The van der Waals surface area contributed by atoms with Crippen LogP contribution >= 0.6 is 0 Å². The lowest BCUT2D eigenvalue weighted by Crippen LogP contribution is -2.26. The van der Waals surface area contributed by atoms with Gasteiger partial charge in [-0.15, -0.1) is 0 Å². The molecule has 2 rings (SSSR count). The Bertz CT molecular complexity index is 418. The topological polar surface area (TPSA) is 49.0 Å². The first kappa shape index (κ1) is 15.1. The molecule has 0 aliphatic carbocycles. The summed E-state index contributed by atoms with van der Waals surface area (Å²) in [6.45, 7) is 4.32. The molecule has 1 unspecified atom stereocenters. The van der Waals surface area contributed by atoms with Crippen molar-refractivity contribution in [2.24, 2.45) is 0 Å². The van der Waals surface area contributed by atoms with Crippen molar-refractivity contribution >= 4 is 0 Å².